The maximum atomic E-state index is 13.3. The molecule has 2 nitrogen and oxygen atoms in total. The highest BCUT2D eigenvalue weighted by molar-refractivity contribution is 6.14. The second-order valence-corrected chi connectivity index (χ2v) is 7.68. The van der Waals surface area contributed by atoms with Crippen LogP contribution in [0.2, 0.25) is 0 Å². The van der Waals surface area contributed by atoms with Crippen molar-refractivity contribution < 1.29 is 13.6 Å². The predicted octanol–water partition coefficient (Wildman–Crippen LogP) is 6.26. The third-order valence-corrected chi connectivity index (χ3v) is 5.53. The highest BCUT2D eigenvalue weighted by Gasteiger charge is 2.41. The molecule has 1 saturated carbocycles. The van der Waals surface area contributed by atoms with Crippen LogP contribution in [0.3, 0.4) is 0 Å². The topological polar surface area (TPSA) is 40.9 Å². The minimum absolute atomic E-state index is 0.157. The lowest BCUT2D eigenvalue weighted by Crippen LogP contribution is -2.33. The summed E-state index contributed by atoms with van der Waals surface area (Å²) in [4.78, 5) is 13.3. The van der Waals surface area contributed by atoms with Gasteiger partial charge in [0.2, 0.25) is 0 Å². The first-order valence-corrected chi connectivity index (χ1v) is 9.93. The van der Waals surface area contributed by atoms with E-state index in [4.69, 9.17) is 0 Å². The van der Waals surface area contributed by atoms with E-state index < -0.39 is 5.41 Å². The van der Waals surface area contributed by atoms with Gasteiger partial charge in [-0.25, -0.2) is 8.78 Å². The first-order chi connectivity index (χ1) is 15.0. The zero-order chi connectivity index (χ0) is 21.8. The van der Waals surface area contributed by atoms with Crippen LogP contribution in [0.4, 0.5) is 8.78 Å². The maximum Gasteiger partial charge on any atom is 0.185 e. The fourth-order valence-corrected chi connectivity index (χ4v) is 3.94. The van der Waals surface area contributed by atoms with Gasteiger partial charge in [-0.2, -0.15) is 5.26 Å². The van der Waals surface area contributed by atoms with Crippen LogP contribution in [0.1, 0.15) is 29.5 Å². The largest absolute Gasteiger partial charge is 0.289 e. The SMILES string of the molecule is N#CC1(c2ccccc2)C/C(=C\c2ccc(F)cc2)C(=O)/C(=C/c2ccc(F)cc2)C1. The van der Waals surface area contributed by atoms with Gasteiger partial charge in [-0.15, -0.1) is 0 Å². The number of rotatable bonds is 3. The highest BCUT2D eigenvalue weighted by Crippen LogP contribution is 2.43. The standard InChI is InChI=1S/C27H19F2NO/c28-24-10-6-19(7-11-24)14-21-16-27(18-30,23-4-2-1-3-5-23)17-22(26(21)31)15-20-8-12-25(29)13-9-20/h1-15H,16-17H2/b21-14+,22-15+. The molecule has 1 fully saturated rings. The van der Waals surface area contributed by atoms with Crippen LogP contribution in [0.5, 0.6) is 0 Å². The monoisotopic (exact) mass is 411 g/mol. The zero-order valence-electron chi connectivity index (χ0n) is 16.7. The molecular formula is C27H19F2NO. The first kappa shape index (κ1) is 20.4. The molecule has 0 aliphatic heterocycles. The average molecular weight is 411 g/mol. The third-order valence-electron chi connectivity index (χ3n) is 5.53. The number of Topliss-reactive ketones (excluding diaryl/α,β-unsaturated/α-hetero) is 1. The number of hydrogen-bond donors (Lipinski definition) is 0. The van der Waals surface area contributed by atoms with E-state index in [0.29, 0.717) is 22.3 Å². The molecule has 0 amide bonds. The van der Waals surface area contributed by atoms with E-state index in [1.807, 2.05) is 30.3 Å². The molecule has 3 aromatic carbocycles. The molecule has 4 heteroatoms. The molecule has 0 spiro atoms. The normalized spacial score (nSPS) is 21.3. The Bertz CT molecular complexity index is 1130. The summed E-state index contributed by atoms with van der Waals surface area (Å²) in [6.45, 7) is 0. The number of halogens is 2. The van der Waals surface area contributed by atoms with Crippen LogP contribution in [0, 0.1) is 23.0 Å². The summed E-state index contributed by atoms with van der Waals surface area (Å²) in [7, 11) is 0. The van der Waals surface area contributed by atoms with E-state index in [1.54, 1.807) is 36.4 Å². The quantitative estimate of drug-likeness (QED) is 0.478. The Morgan fingerprint density at radius 2 is 1.19 bits per heavy atom. The van der Waals surface area contributed by atoms with Crippen molar-refractivity contribution in [2.45, 2.75) is 18.3 Å². The number of carbonyl (C=O) groups excluding carboxylic acids is 1. The molecule has 0 atom stereocenters. The first-order valence-electron chi connectivity index (χ1n) is 9.93. The van der Waals surface area contributed by atoms with Gasteiger partial charge in [0.05, 0.1) is 11.5 Å². The van der Waals surface area contributed by atoms with Crippen molar-refractivity contribution in [2.75, 3.05) is 0 Å². The molecule has 0 bridgehead atoms. The number of nitriles is 1. The molecule has 0 aromatic heterocycles. The summed E-state index contributed by atoms with van der Waals surface area (Å²) in [6, 6.07) is 23.6. The Morgan fingerprint density at radius 3 is 1.61 bits per heavy atom. The van der Waals surface area contributed by atoms with Gasteiger partial charge in [0.25, 0.3) is 0 Å². The Hall–Kier alpha value is -3.84. The minimum Gasteiger partial charge on any atom is -0.289 e. The van der Waals surface area contributed by atoms with Crippen molar-refractivity contribution in [3.63, 3.8) is 0 Å². The number of benzene rings is 3. The Labute approximate surface area is 179 Å². The van der Waals surface area contributed by atoms with Crippen molar-refractivity contribution in [1.82, 2.24) is 0 Å². The number of hydrogen-bond acceptors (Lipinski definition) is 2. The van der Waals surface area contributed by atoms with Gasteiger partial charge in [-0.1, -0.05) is 54.6 Å². The predicted molar refractivity (Wildman–Crippen MR) is 117 cm³/mol. The molecule has 0 heterocycles. The molecule has 4 rings (SSSR count). The second-order valence-electron chi connectivity index (χ2n) is 7.68. The zero-order valence-corrected chi connectivity index (χ0v) is 16.7. The van der Waals surface area contributed by atoms with Gasteiger partial charge in [-0.05, 0) is 65.9 Å². The molecule has 3 aromatic rings. The van der Waals surface area contributed by atoms with Gasteiger partial charge in [0.1, 0.15) is 11.6 Å². The van der Waals surface area contributed by atoms with Crippen molar-refractivity contribution in [3.05, 3.63) is 118 Å². The summed E-state index contributed by atoms with van der Waals surface area (Å²) in [6.07, 6.45) is 3.94. The molecule has 0 saturated heterocycles. The van der Waals surface area contributed by atoms with Gasteiger partial charge >= 0.3 is 0 Å². The molecule has 0 N–H and O–H groups in total. The molecule has 31 heavy (non-hydrogen) atoms. The van der Waals surface area contributed by atoms with Crippen molar-refractivity contribution in [1.29, 1.82) is 5.26 Å². The highest BCUT2D eigenvalue weighted by atomic mass is 19.1. The molecule has 0 unspecified atom stereocenters. The van der Waals surface area contributed by atoms with Crippen molar-refractivity contribution >= 4 is 17.9 Å². The van der Waals surface area contributed by atoms with E-state index in [0.717, 1.165) is 5.56 Å². The van der Waals surface area contributed by atoms with Gasteiger partial charge in [-0.3, -0.25) is 4.79 Å². The molecular weight excluding hydrogens is 392 g/mol. The lowest BCUT2D eigenvalue weighted by atomic mass is 9.66. The number of ketones is 1. The fraction of sp³-hybridized carbons (Fsp3) is 0.111. The van der Waals surface area contributed by atoms with E-state index in [2.05, 4.69) is 6.07 Å². The molecule has 1 aliphatic rings. The van der Waals surface area contributed by atoms with Crippen LogP contribution in [-0.2, 0) is 10.2 Å². The fourth-order valence-electron chi connectivity index (χ4n) is 3.94. The summed E-state index contributed by atoms with van der Waals surface area (Å²) >= 11 is 0. The maximum absolute atomic E-state index is 13.3. The van der Waals surface area contributed by atoms with Crippen LogP contribution < -0.4 is 0 Å². The van der Waals surface area contributed by atoms with Crippen molar-refractivity contribution in [3.8, 4) is 6.07 Å². The van der Waals surface area contributed by atoms with Crippen LogP contribution >= 0.6 is 0 Å². The Kier molecular flexibility index (Phi) is 5.60. The number of carbonyl (C=O) groups is 1. The Balaban J connectivity index is 1.83. The Morgan fingerprint density at radius 1 is 0.742 bits per heavy atom. The molecule has 0 radical (unpaired) electrons. The van der Waals surface area contributed by atoms with Gasteiger partial charge in [0.15, 0.2) is 5.78 Å². The van der Waals surface area contributed by atoms with Crippen LogP contribution in [-0.4, -0.2) is 5.78 Å². The van der Waals surface area contributed by atoms with E-state index in [9.17, 15) is 18.8 Å². The van der Waals surface area contributed by atoms with Gasteiger partial charge in [0, 0.05) is 11.1 Å². The summed E-state index contributed by atoms with van der Waals surface area (Å²) in [5.74, 6) is -0.871. The summed E-state index contributed by atoms with van der Waals surface area (Å²) in [5, 5.41) is 10.2. The third kappa shape index (κ3) is 4.36. The molecule has 1 aliphatic carbocycles. The van der Waals surface area contributed by atoms with Crippen LogP contribution in [0.25, 0.3) is 12.2 Å². The smallest absolute Gasteiger partial charge is 0.185 e. The summed E-state index contributed by atoms with van der Waals surface area (Å²) < 4.78 is 26.6. The molecule has 152 valence electrons. The van der Waals surface area contributed by atoms with Crippen LogP contribution in [0.15, 0.2) is 90.0 Å². The number of nitrogens with zero attached hydrogens (tertiary/aromatic N) is 1. The van der Waals surface area contributed by atoms with Gasteiger partial charge < -0.3 is 0 Å². The minimum atomic E-state index is -0.910. The lowest BCUT2D eigenvalue weighted by Gasteiger charge is -2.33. The van der Waals surface area contributed by atoms with E-state index in [-0.39, 0.29) is 30.3 Å². The van der Waals surface area contributed by atoms with E-state index >= 15 is 0 Å². The summed E-state index contributed by atoms with van der Waals surface area (Å²) in [5.41, 5.74) is 2.26. The second kappa shape index (κ2) is 8.49. The average Bonchev–Trinajstić information content (AvgIpc) is 2.80. The lowest BCUT2D eigenvalue weighted by molar-refractivity contribution is -0.113. The van der Waals surface area contributed by atoms with E-state index in [1.165, 1.54) is 24.3 Å². The number of allylic oxidation sites excluding steroid dienone is 2. The van der Waals surface area contributed by atoms with Crippen molar-refractivity contribution in [2.24, 2.45) is 0 Å².